The fourth-order valence-corrected chi connectivity index (χ4v) is 2.79. The smallest absolute Gasteiger partial charge is 0.359 e. The molecular formula is C21H18N4O3. The maximum atomic E-state index is 12.6. The molecule has 7 nitrogen and oxygen atoms in total. The lowest BCUT2D eigenvalue weighted by Gasteiger charge is -2.15. The van der Waals surface area contributed by atoms with Crippen LogP contribution >= 0.6 is 0 Å². The van der Waals surface area contributed by atoms with Crippen molar-refractivity contribution < 1.29 is 14.3 Å². The fourth-order valence-electron chi connectivity index (χ4n) is 2.79. The zero-order chi connectivity index (χ0) is 20.1. The lowest BCUT2D eigenvalue weighted by Crippen LogP contribution is -2.28. The molecule has 1 heterocycles. The van der Waals surface area contributed by atoms with Crippen molar-refractivity contribution in [2.24, 2.45) is 0 Å². The zero-order valence-corrected chi connectivity index (χ0v) is 15.5. The van der Waals surface area contributed by atoms with Gasteiger partial charge in [0.15, 0.2) is 11.2 Å². The second-order valence-corrected chi connectivity index (χ2v) is 5.76. The first-order chi connectivity index (χ1) is 13.6. The van der Waals surface area contributed by atoms with Crippen LogP contribution in [0.3, 0.4) is 0 Å². The van der Waals surface area contributed by atoms with E-state index in [1.165, 1.54) is 4.68 Å². The molecule has 0 bridgehead atoms. The Morgan fingerprint density at radius 2 is 1.86 bits per heavy atom. The maximum Gasteiger partial charge on any atom is 0.359 e. The normalized spacial score (nSPS) is 10.2. The minimum Gasteiger partial charge on any atom is -0.497 e. The Kier molecular flexibility index (Phi) is 5.51. The number of methoxy groups -OCH3 is 1. The summed E-state index contributed by atoms with van der Waals surface area (Å²) in [5.74, 6) is -0.0111. The molecule has 3 rings (SSSR count). The highest BCUT2D eigenvalue weighted by Crippen LogP contribution is 2.26. The van der Waals surface area contributed by atoms with Crippen molar-refractivity contribution in [3.63, 3.8) is 0 Å². The standard InChI is InChI=1S/C21H18N4O3/c1-3-28-21(26)19-18(14-7-5-4-6-8-14)17(13-22)20(23)25(24-19)15-9-11-16(27-2)12-10-15/h4-12,23H,3H2,1-2H3. The Bertz CT molecular complexity index is 1100. The van der Waals surface area contributed by atoms with E-state index < -0.39 is 5.97 Å². The summed E-state index contributed by atoms with van der Waals surface area (Å²) in [6.45, 7) is 1.86. The zero-order valence-electron chi connectivity index (χ0n) is 15.5. The van der Waals surface area contributed by atoms with Crippen molar-refractivity contribution in [3.8, 4) is 28.6 Å². The van der Waals surface area contributed by atoms with Gasteiger partial charge in [-0.3, -0.25) is 5.41 Å². The van der Waals surface area contributed by atoms with Gasteiger partial charge in [0.25, 0.3) is 0 Å². The number of carbonyl (C=O) groups is 1. The Hall–Kier alpha value is -3.92. The highest BCUT2D eigenvalue weighted by molar-refractivity contribution is 5.96. The first-order valence-electron chi connectivity index (χ1n) is 8.59. The van der Waals surface area contributed by atoms with Crippen LogP contribution in [0.4, 0.5) is 0 Å². The minimum atomic E-state index is -0.653. The first-order valence-corrected chi connectivity index (χ1v) is 8.59. The Labute approximate surface area is 161 Å². The van der Waals surface area contributed by atoms with Crippen molar-refractivity contribution in [1.29, 1.82) is 10.7 Å². The highest BCUT2D eigenvalue weighted by atomic mass is 16.5. The highest BCUT2D eigenvalue weighted by Gasteiger charge is 2.23. The fraction of sp³-hybridized carbons (Fsp3) is 0.143. The number of nitrogens with one attached hydrogen (secondary N) is 1. The monoisotopic (exact) mass is 374 g/mol. The molecule has 0 atom stereocenters. The topological polar surface area (TPSA) is 101 Å². The number of nitriles is 1. The van der Waals surface area contributed by atoms with Crippen LogP contribution < -0.4 is 10.2 Å². The molecule has 1 N–H and O–H groups in total. The molecule has 0 amide bonds. The van der Waals surface area contributed by atoms with Crippen LogP contribution in [0.5, 0.6) is 5.75 Å². The van der Waals surface area contributed by atoms with E-state index in [0.29, 0.717) is 17.0 Å². The van der Waals surface area contributed by atoms with Crippen LogP contribution in [-0.4, -0.2) is 29.5 Å². The third-order valence-corrected chi connectivity index (χ3v) is 4.10. The van der Waals surface area contributed by atoms with Crippen LogP contribution in [-0.2, 0) is 4.74 Å². The number of hydrogen-bond donors (Lipinski definition) is 1. The van der Waals surface area contributed by atoms with Crippen LogP contribution in [0.1, 0.15) is 23.0 Å². The minimum absolute atomic E-state index is 0.0172. The molecule has 0 saturated carbocycles. The number of carbonyl (C=O) groups excluding carboxylic acids is 1. The molecule has 28 heavy (non-hydrogen) atoms. The summed E-state index contributed by atoms with van der Waals surface area (Å²) < 4.78 is 11.5. The van der Waals surface area contributed by atoms with Gasteiger partial charge in [-0.25, -0.2) is 9.48 Å². The number of benzene rings is 2. The van der Waals surface area contributed by atoms with Crippen LogP contribution in [0, 0.1) is 16.7 Å². The SMILES string of the molecule is CCOC(=O)c1nn(-c2ccc(OC)cc2)c(=N)c(C#N)c1-c1ccccc1. The van der Waals surface area contributed by atoms with E-state index in [-0.39, 0.29) is 28.9 Å². The Morgan fingerprint density at radius 1 is 1.18 bits per heavy atom. The van der Waals surface area contributed by atoms with E-state index in [9.17, 15) is 10.1 Å². The number of esters is 1. The van der Waals surface area contributed by atoms with Gasteiger partial charge < -0.3 is 9.47 Å². The van der Waals surface area contributed by atoms with Gasteiger partial charge in [0.1, 0.15) is 17.4 Å². The third-order valence-electron chi connectivity index (χ3n) is 4.10. The largest absolute Gasteiger partial charge is 0.497 e. The van der Waals surface area contributed by atoms with Crippen molar-refractivity contribution in [2.45, 2.75) is 6.92 Å². The lowest BCUT2D eigenvalue weighted by atomic mass is 9.99. The van der Waals surface area contributed by atoms with Gasteiger partial charge in [0, 0.05) is 5.56 Å². The predicted octanol–water partition coefficient (Wildman–Crippen LogP) is 3.08. The summed E-state index contributed by atoms with van der Waals surface area (Å²) in [5.41, 5.74) is 1.32. The molecule has 3 aromatic rings. The number of nitrogens with zero attached hydrogens (tertiary/aromatic N) is 3. The van der Waals surface area contributed by atoms with Gasteiger partial charge in [-0.15, -0.1) is 0 Å². The van der Waals surface area contributed by atoms with E-state index in [1.54, 1.807) is 62.6 Å². The maximum absolute atomic E-state index is 12.6. The van der Waals surface area contributed by atoms with Crippen LogP contribution in [0.25, 0.3) is 16.8 Å². The van der Waals surface area contributed by atoms with E-state index in [1.807, 2.05) is 6.07 Å². The van der Waals surface area contributed by atoms with E-state index in [4.69, 9.17) is 14.9 Å². The molecule has 2 aromatic carbocycles. The summed E-state index contributed by atoms with van der Waals surface area (Å²) in [6.07, 6.45) is 0. The second-order valence-electron chi connectivity index (χ2n) is 5.76. The number of rotatable bonds is 5. The predicted molar refractivity (Wildman–Crippen MR) is 102 cm³/mol. The molecular weight excluding hydrogens is 356 g/mol. The second kappa shape index (κ2) is 8.18. The molecule has 7 heteroatoms. The van der Waals surface area contributed by atoms with Gasteiger partial charge in [-0.1, -0.05) is 30.3 Å². The van der Waals surface area contributed by atoms with Crippen molar-refractivity contribution in [3.05, 3.63) is 71.3 Å². The number of aromatic nitrogens is 2. The molecule has 0 unspecified atom stereocenters. The summed E-state index contributed by atoms with van der Waals surface area (Å²) in [4.78, 5) is 12.6. The van der Waals surface area contributed by atoms with Crippen LogP contribution in [0.15, 0.2) is 54.6 Å². The van der Waals surface area contributed by atoms with Gasteiger partial charge in [0.2, 0.25) is 0 Å². The summed E-state index contributed by atoms with van der Waals surface area (Å²) >= 11 is 0. The molecule has 0 radical (unpaired) electrons. The quantitative estimate of drug-likeness (QED) is 0.692. The number of hydrogen-bond acceptors (Lipinski definition) is 6. The van der Waals surface area contributed by atoms with E-state index in [2.05, 4.69) is 11.2 Å². The van der Waals surface area contributed by atoms with Crippen LogP contribution in [0.2, 0.25) is 0 Å². The average Bonchev–Trinajstić information content (AvgIpc) is 2.74. The van der Waals surface area contributed by atoms with Gasteiger partial charge in [0.05, 0.1) is 19.4 Å². The van der Waals surface area contributed by atoms with Gasteiger partial charge >= 0.3 is 5.97 Å². The molecule has 140 valence electrons. The third kappa shape index (κ3) is 3.48. The van der Waals surface area contributed by atoms with E-state index >= 15 is 0 Å². The van der Waals surface area contributed by atoms with Crippen molar-refractivity contribution >= 4 is 5.97 Å². The van der Waals surface area contributed by atoms with E-state index in [0.717, 1.165) is 0 Å². The van der Waals surface area contributed by atoms with Gasteiger partial charge in [-0.05, 0) is 36.8 Å². The van der Waals surface area contributed by atoms with Crippen molar-refractivity contribution in [2.75, 3.05) is 13.7 Å². The molecule has 0 aliphatic carbocycles. The number of ether oxygens (including phenoxy) is 2. The summed E-state index contributed by atoms with van der Waals surface area (Å²) in [5, 5.41) is 22.6. The lowest BCUT2D eigenvalue weighted by molar-refractivity contribution is 0.0518. The van der Waals surface area contributed by atoms with Crippen molar-refractivity contribution in [1.82, 2.24) is 9.78 Å². The molecule has 0 fully saturated rings. The molecule has 0 spiro atoms. The molecule has 0 saturated heterocycles. The molecule has 1 aromatic heterocycles. The first kappa shape index (κ1) is 18.9. The average molecular weight is 374 g/mol. The Morgan fingerprint density at radius 3 is 2.43 bits per heavy atom. The Balaban J connectivity index is 2.32. The summed E-state index contributed by atoms with van der Waals surface area (Å²) in [7, 11) is 1.55. The molecule has 0 aliphatic rings. The molecule has 0 aliphatic heterocycles. The van der Waals surface area contributed by atoms with Gasteiger partial charge in [-0.2, -0.15) is 10.4 Å². The summed E-state index contributed by atoms with van der Waals surface area (Å²) in [6, 6.07) is 17.8.